The minimum absolute atomic E-state index is 0.237. The van der Waals surface area contributed by atoms with Crippen LogP contribution in [0.4, 0.5) is 0 Å². The summed E-state index contributed by atoms with van der Waals surface area (Å²) in [4.78, 5) is 0. The van der Waals surface area contributed by atoms with E-state index in [2.05, 4.69) is 102 Å². The second-order valence-electron chi connectivity index (χ2n) is 9.01. The molecule has 2 aromatic rings. The number of hydrogen-bond acceptors (Lipinski definition) is 1. The average molecular weight is 355 g/mol. The molecular weight excluding hydrogens is 320 g/mol. The van der Waals surface area contributed by atoms with Gasteiger partial charge in [-0.3, -0.25) is 0 Å². The fraction of sp³-hybridized carbons (Fsp3) is 0.500. The third-order valence-electron chi connectivity index (χ3n) is 4.66. The zero-order valence-corrected chi connectivity index (χ0v) is 17.7. The van der Waals surface area contributed by atoms with Crippen LogP contribution in [-0.2, 0) is 23.7 Å². The Kier molecular flexibility index (Phi) is 6.79. The van der Waals surface area contributed by atoms with Crippen molar-refractivity contribution in [3.8, 4) is 0 Å². The molecule has 0 bridgehead atoms. The summed E-state index contributed by atoms with van der Waals surface area (Å²) in [5.74, 6) is 2.40. The van der Waals surface area contributed by atoms with Gasteiger partial charge in [0.05, 0.1) is 0 Å². The molecule has 25 heavy (non-hydrogen) atoms. The minimum Gasteiger partial charge on any atom is -0.161 e. The molecule has 0 heterocycles. The summed E-state index contributed by atoms with van der Waals surface area (Å²) < 4.78 is 0. The zero-order chi connectivity index (χ0) is 18.5. The predicted molar refractivity (Wildman–Crippen MR) is 115 cm³/mol. The van der Waals surface area contributed by atoms with E-state index < -0.39 is 0 Å². The van der Waals surface area contributed by atoms with Crippen molar-refractivity contribution in [1.82, 2.24) is 0 Å². The molecule has 0 atom stereocenters. The van der Waals surface area contributed by atoms with E-state index in [1.165, 1.54) is 33.8 Å². The molecule has 0 spiro atoms. The summed E-state index contributed by atoms with van der Waals surface area (Å²) in [6.45, 7) is 13.7. The Morgan fingerprint density at radius 2 is 1.04 bits per heavy atom. The molecule has 0 aliphatic rings. The van der Waals surface area contributed by atoms with Crippen molar-refractivity contribution in [3.63, 3.8) is 0 Å². The molecule has 2 aromatic carbocycles. The molecule has 1 heteroatoms. The summed E-state index contributed by atoms with van der Waals surface area (Å²) in [7, 11) is 0. The highest BCUT2D eigenvalue weighted by molar-refractivity contribution is 7.99. The molecule has 136 valence electrons. The average Bonchev–Trinajstić information content (AvgIpc) is 2.53. The molecule has 0 radical (unpaired) electrons. The van der Waals surface area contributed by atoms with E-state index >= 15 is 0 Å². The summed E-state index contributed by atoms with van der Waals surface area (Å²) in [5, 5.41) is 0. The smallest absolute Gasteiger partial charge is 0.00269 e. The van der Waals surface area contributed by atoms with Crippen molar-refractivity contribution in [1.29, 1.82) is 0 Å². The van der Waals surface area contributed by atoms with Crippen LogP contribution in [-0.4, -0.2) is 11.5 Å². The van der Waals surface area contributed by atoms with Crippen LogP contribution in [0.3, 0.4) is 0 Å². The van der Waals surface area contributed by atoms with Gasteiger partial charge in [-0.2, -0.15) is 11.8 Å². The van der Waals surface area contributed by atoms with Crippen LogP contribution in [0, 0.1) is 0 Å². The van der Waals surface area contributed by atoms with Gasteiger partial charge in [-0.1, -0.05) is 90.1 Å². The van der Waals surface area contributed by atoms with Crippen LogP contribution >= 0.6 is 11.8 Å². The maximum Gasteiger partial charge on any atom is -0.00269 e. The normalized spacial score (nSPS) is 12.4. The van der Waals surface area contributed by atoms with Crippen LogP contribution in [0.15, 0.2) is 48.5 Å². The van der Waals surface area contributed by atoms with E-state index in [0.717, 1.165) is 12.8 Å². The van der Waals surface area contributed by atoms with Gasteiger partial charge in [-0.15, -0.1) is 0 Å². The molecule has 0 saturated carbocycles. The second kappa shape index (κ2) is 8.45. The van der Waals surface area contributed by atoms with Crippen molar-refractivity contribution in [2.24, 2.45) is 0 Å². The first-order valence-electron chi connectivity index (χ1n) is 9.43. The van der Waals surface area contributed by atoms with Gasteiger partial charge < -0.3 is 0 Å². The number of aryl methyl sites for hydroxylation is 2. The molecule has 0 aromatic heterocycles. The SMILES string of the molecule is CC(C)(C)c1cccc(CCSCCc2cccc(C(C)(C)C)c2)c1. The Morgan fingerprint density at radius 3 is 1.40 bits per heavy atom. The van der Waals surface area contributed by atoms with E-state index in [1.807, 2.05) is 0 Å². The summed E-state index contributed by atoms with van der Waals surface area (Å²) >= 11 is 2.07. The van der Waals surface area contributed by atoms with Crippen molar-refractivity contribution < 1.29 is 0 Å². The third kappa shape index (κ3) is 6.55. The predicted octanol–water partition coefficient (Wildman–Crippen LogP) is 6.80. The maximum absolute atomic E-state index is 2.38. The number of rotatable bonds is 6. The van der Waals surface area contributed by atoms with Crippen LogP contribution in [0.5, 0.6) is 0 Å². The standard InChI is InChI=1S/C24H34S/c1-23(2,3)21-11-7-9-19(17-21)13-15-25-16-14-20-10-8-12-22(18-20)24(4,5)6/h7-12,17-18H,13-16H2,1-6H3. The Balaban J connectivity index is 1.79. The van der Waals surface area contributed by atoms with E-state index in [-0.39, 0.29) is 10.8 Å². The van der Waals surface area contributed by atoms with E-state index in [1.54, 1.807) is 0 Å². The minimum atomic E-state index is 0.237. The highest BCUT2D eigenvalue weighted by Crippen LogP contribution is 2.24. The second-order valence-corrected chi connectivity index (χ2v) is 10.2. The monoisotopic (exact) mass is 354 g/mol. The summed E-state index contributed by atoms with van der Waals surface area (Å²) in [5.41, 5.74) is 6.29. The highest BCUT2D eigenvalue weighted by atomic mass is 32.2. The Bertz CT molecular complexity index is 611. The molecule has 0 unspecified atom stereocenters. The number of hydrogen-bond donors (Lipinski definition) is 0. The lowest BCUT2D eigenvalue weighted by Gasteiger charge is -2.20. The first-order chi connectivity index (χ1) is 11.7. The first-order valence-corrected chi connectivity index (χ1v) is 10.6. The maximum atomic E-state index is 2.38. The molecule has 2 rings (SSSR count). The van der Waals surface area contributed by atoms with Gasteiger partial charge in [-0.05, 0) is 57.4 Å². The first kappa shape index (κ1) is 20.1. The topological polar surface area (TPSA) is 0 Å². The van der Waals surface area contributed by atoms with E-state index in [4.69, 9.17) is 0 Å². The van der Waals surface area contributed by atoms with Crippen molar-refractivity contribution in [2.45, 2.75) is 65.2 Å². The molecule has 0 aliphatic heterocycles. The lowest BCUT2D eigenvalue weighted by atomic mass is 9.86. The van der Waals surface area contributed by atoms with E-state index in [9.17, 15) is 0 Å². The van der Waals surface area contributed by atoms with Gasteiger partial charge in [0.15, 0.2) is 0 Å². The molecular formula is C24H34S. The lowest BCUT2D eigenvalue weighted by Crippen LogP contribution is -2.11. The van der Waals surface area contributed by atoms with Crippen molar-refractivity contribution >= 4 is 11.8 Å². The summed E-state index contributed by atoms with van der Waals surface area (Å²) in [6, 6.07) is 18.2. The molecule has 0 nitrogen and oxygen atoms in total. The zero-order valence-electron chi connectivity index (χ0n) is 16.9. The molecule has 0 aliphatic carbocycles. The van der Waals surface area contributed by atoms with Crippen LogP contribution in [0.25, 0.3) is 0 Å². The van der Waals surface area contributed by atoms with Crippen LogP contribution < -0.4 is 0 Å². The van der Waals surface area contributed by atoms with Crippen LogP contribution in [0.2, 0.25) is 0 Å². The largest absolute Gasteiger partial charge is 0.161 e. The molecule has 0 amide bonds. The van der Waals surface area contributed by atoms with Gasteiger partial charge in [0, 0.05) is 0 Å². The summed E-state index contributed by atoms with van der Waals surface area (Å²) in [6.07, 6.45) is 2.33. The fourth-order valence-corrected chi connectivity index (χ4v) is 3.83. The van der Waals surface area contributed by atoms with E-state index in [0.29, 0.717) is 0 Å². The van der Waals surface area contributed by atoms with Gasteiger partial charge in [0.25, 0.3) is 0 Å². The van der Waals surface area contributed by atoms with Gasteiger partial charge in [0.1, 0.15) is 0 Å². The van der Waals surface area contributed by atoms with Gasteiger partial charge in [0.2, 0.25) is 0 Å². The Hall–Kier alpha value is -1.21. The molecule has 0 N–H and O–H groups in total. The van der Waals surface area contributed by atoms with Crippen molar-refractivity contribution in [2.75, 3.05) is 11.5 Å². The molecule has 0 saturated heterocycles. The Labute approximate surface area is 159 Å². The highest BCUT2D eigenvalue weighted by Gasteiger charge is 2.14. The quantitative estimate of drug-likeness (QED) is 0.514. The number of thioether (sulfide) groups is 1. The van der Waals surface area contributed by atoms with Gasteiger partial charge >= 0.3 is 0 Å². The molecule has 0 fully saturated rings. The van der Waals surface area contributed by atoms with Crippen LogP contribution in [0.1, 0.15) is 63.8 Å². The van der Waals surface area contributed by atoms with Crippen molar-refractivity contribution in [3.05, 3.63) is 70.8 Å². The third-order valence-corrected chi connectivity index (χ3v) is 5.64. The lowest BCUT2D eigenvalue weighted by molar-refractivity contribution is 0.589. The Morgan fingerprint density at radius 1 is 0.640 bits per heavy atom. The fourth-order valence-electron chi connectivity index (χ4n) is 2.87. The van der Waals surface area contributed by atoms with Gasteiger partial charge in [-0.25, -0.2) is 0 Å². The number of benzene rings is 2.